The van der Waals surface area contributed by atoms with Gasteiger partial charge in [0, 0.05) is 7.05 Å². The van der Waals surface area contributed by atoms with Gasteiger partial charge in [0.2, 0.25) is 0 Å². The number of nitrogens with two attached hydrogens (primary N) is 1. The normalized spacial score (nSPS) is 10.3. The van der Waals surface area contributed by atoms with Gasteiger partial charge < -0.3 is 5.73 Å². The van der Waals surface area contributed by atoms with Crippen molar-refractivity contribution in [3.8, 4) is 0 Å². The van der Waals surface area contributed by atoms with Crippen LogP contribution in [0.25, 0.3) is 0 Å². The summed E-state index contributed by atoms with van der Waals surface area (Å²) >= 11 is 3.25. The molecule has 0 radical (unpaired) electrons. The molecule has 3 nitrogen and oxygen atoms in total. The Morgan fingerprint density at radius 3 is 2.50 bits per heavy atom. The summed E-state index contributed by atoms with van der Waals surface area (Å²) in [6.45, 7) is 2.06. The predicted molar refractivity (Wildman–Crippen MR) is 44.7 cm³/mol. The molecule has 0 aliphatic carbocycles. The molecule has 0 bridgehead atoms. The molecule has 0 fully saturated rings. The molecule has 4 heteroatoms. The lowest BCUT2D eigenvalue weighted by molar-refractivity contribution is 0.714. The maximum atomic E-state index is 5.68. The minimum Gasteiger partial charge on any atom is -0.395 e. The van der Waals surface area contributed by atoms with Crippen LogP contribution in [0.5, 0.6) is 0 Å². The van der Waals surface area contributed by atoms with E-state index in [1.165, 1.54) is 0 Å². The Balaban J connectivity index is 3.20. The van der Waals surface area contributed by atoms with Gasteiger partial charge in [0.25, 0.3) is 0 Å². The Morgan fingerprint density at radius 2 is 2.30 bits per heavy atom. The predicted octanol–water partition coefficient (Wildman–Crippen LogP) is 1.33. The first-order valence-corrected chi connectivity index (χ1v) is 3.93. The third-order valence-electron chi connectivity index (χ3n) is 1.50. The van der Waals surface area contributed by atoms with E-state index in [-0.39, 0.29) is 0 Å². The molecule has 0 atom stereocenters. The van der Waals surface area contributed by atoms with Crippen molar-refractivity contribution in [3.63, 3.8) is 0 Å². The summed E-state index contributed by atoms with van der Waals surface area (Å²) in [4.78, 5) is 0. The molecule has 10 heavy (non-hydrogen) atoms. The highest BCUT2D eigenvalue weighted by molar-refractivity contribution is 9.10. The molecule has 56 valence electrons. The lowest BCUT2D eigenvalue weighted by Gasteiger charge is -1.96. The highest BCUT2D eigenvalue weighted by Crippen LogP contribution is 2.21. The molecule has 0 amide bonds. The van der Waals surface area contributed by atoms with Crippen molar-refractivity contribution < 1.29 is 0 Å². The van der Waals surface area contributed by atoms with Gasteiger partial charge in [-0.05, 0) is 22.4 Å². The quantitative estimate of drug-likeness (QED) is 0.749. The molecule has 0 unspecified atom stereocenters. The average molecular weight is 204 g/mol. The van der Waals surface area contributed by atoms with Crippen molar-refractivity contribution in [2.24, 2.45) is 7.05 Å². The molecular weight excluding hydrogens is 194 g/mol. The second-order valence-electron chi connectivity index (χ2n) is 2.13. The zero-order chi connectivity index (χ0) is 7.72. The van der Waals surface area contributed by atoms with E-state index in [0.29, 0.717) is 0 Å². The van der Waals surface area contributed by atoms with E-state index in [0.717, 1.165) is 22.4 Å². The monoisotopic (exact) mass is 203 g/mol. The molecule has 0 aliphatic rings. The second kappa shape index (κ2) is 2.62. The van der Waals surface area contributed by atoms with Crippen molar-refractivity contribution in [1.82, 2.24) is 9.78 Å². The second-order valence-corrected chi connectivity index (χ2v) is 2.88. The molecule has 1 aromatic rings. The van der Waals surface area contributed by atoms with Crippen LogP contribution in [-0.4, -0.2) is 9.78 Å². The van der Waals surface area contributed by atoms with Gasteiger partial charge in [0.05, 0.1) is 11.4 Å². The van der Waals surface area contributed by atoms with Gasteiger partial charge in [0.1, 0.15) is 0 Å². The topological polar surface area (TPSA) is 43.8 Å². The fourth-order valence-corrected chi connectivity index (χ4v) is 1.43. The lowest BCUT2D eigenvalue weighted by atomic mass is 10.3. The van der Waals surface area contributed by atoms with Crippen molar-refractivity contribution in [3.05, 3.63) is 10.3 Å². The smallest absolute Gasteiger partial charge is 0.151 e. The van der Waals surface area contributed by atoms with Crippen LogP contribution in [0.4, 0.5) is 5.69 Å². The van der Waals surface area contributed by atoms with Gasteiger partial charge in [-0.3, -0.25) is 4.68 Å². The third-order valence-corrected chi connectivity index (χ3v) is 2.08. The summed E-state index contributed by atoms with van der Waals surface area (Å²) in [5.41, 5.74) is 7.51. The number of halogens is 1. The Kier molecular flexibility index (Phi) is 1.99. The zero-order valence-electron chi connectivity index (χ0n) is 6.06. The maximum absolute atomic E-state index is 5.68. The van der Waals surface area contributed by atoms with Gasteiger partial charge in [-0.2, -0.15) is 5.10 Å². The Bertz CT molecular complexity index is 241. The number of hydrogen-bond donors (Lipinski definition) is 1. The fourth-order valence-electron chi connectivity index (χ4n) is 0.959. The van der Waals surface area contributed by atoms with Crippen LogP contribution in [0, 0.1) is 0 Å². The first-order chi connectivity index (χ1) is 4.66. The molecule has 0 spiro atoms. The number of aromatic nitrogens is 2. The Morgan fingerprint density at radius 1 is 1.70 bits per heavy atom. The molecular formula is C6H10BrN3. The highest BCUT2D eigenvalue weighted by atomic mass is 79.9. The maximum Gasteiger partial charge on any atom is 0.151 e. The molecule has 0 aromatic carbocycles. The Hall–Kier alpha value is -0.510. The van der Waals surface area contributed by atoms with Gasteiger partial charge in [-0.15, -0.1) is 0 Å². The van der Waals surface area contributed by atoms with Crippen LogP contribution < -0.4 is 5.73 Å². The first kappa shape index (κ1) is 7.60. The number of nitrogens with zero attached hydrogens (tertiary/aromatic N) is 2. The van der Waals surface area contributed by atoms with Crippen LogP contribution in [0.15, 0.2) is 4.60 Å². The van der Waals surface area contributed by atoms with Crippen LogP contribution in [-0.2, 0) is 13.5 Å². The average Bonchev–Trinajstić information content (AvgIpc) is 2.09. The van der Waals surface area contributed by atoms with Gasteiger partial charge >= 0.3 is 0 Å². The van der Waals surface area contributed by atoms with Crippen molar-refractivity contribution >= 4 is 21.6 Å². The fraction of sp³-hybridized carbons (Fsp3) is 0.500. The van der Waals surface area contributed by atoms with Crippen LogP contribution in [0.1, 0.15) is 12.6 Å². The first-order valence-electron chi connectivity index (χ1n) is 3.13. The summed E-state index contributed by atoms with van der Waals surface area (Å²) in [6, 6.07) is 0. The number of aryl methyl sites for hydroxylation is 1. The Labute approximate surface area is 68.3 Å². The van der Waals surface area contributed by atoms with Crippen molar-refractivity contribution in [2.75, 3.05) is 5.73 Å². The van der Waals surface area contributed by atoms with Crippen molar-refractivity contribution in [2.45, 2.75) is 13.3 Å². The van der Waals surface area contributed by atoms with E-state index in [1.54, 1.807) is 4.68 Å². The minimum absolute atomic E-state index is 0.742. The van der Waals surface area contributed by atoms with E-state index in [1.807, 2.05) is 7.05 Å². The number of hydrogen-bond acceptors (Lipinski definition) is 2. The van der Waals surface area contributed by atoms with E-state index in [2.05, 4.69) is 28.0 Å². The molecule has 0 saturated carbocycles. The SMILES string of the molecule is CCc1c(N)c(Br)nn1C. The lowest BCUT2D eigenvalue weighted by Crippen LogP contribution is -1.98. The summed E-state index contributed by atoms with van der Waals surface area (Å²) in [6.07, 6.45) is 0.918. The molecule has 2 N–H and O–H groups in total. The standard InChI is InChI=1S/C6H10BrN3/c1-3-4-5(8)6(7)9-10(4)2/h3,8H2,1-2H3. The van der Waals surface area contributed by atoms with Crippen LogP contribution in [0.2, 0.25) is 0 Å². The van der Waals surface area contributed by atoms with Gasteiger partial charge in [0.15, 0.2) is 4.60 Å². The molecule has 0 saturated heterocycles. The highest BCUT2D eigenvalue weighted by Gasteiger charge is 2.07. The van der Waals surface area contributed by atoms with Crippen molar-refractivity contribution in [1.29, 1.82) is 0 Å². The summed E-state index contributed by atoms with van der Waals surface area (Å²) in [5.74, 6) is 0. The molecule has 0 aliphatic heterocycles. The third kappa shape index (κ3) is 1.03. The molecule has 1 aromatic heterocycles. The summed E-state index contributed by atoms with van der Waals surface area (Å²) in [7, 11) is 1.89. The van der Waals surface area contributed by atoms with Gasteiger partial charge in [-0.25, -0.2) is 0 Å². The largest absolute Gasteiger partial charge is 0.395 e. The van der Waals surface area contributed by atoms with E-state index in [9.17, 15) is 0 Å². The zero-order valence-corrected chi connectivity index (χ0v) is 7.64. The number of anilines is 1. The molecule has 1 heterocycles. The van der Waals surface area contributed by atoms with Crippen LogP contribution >= 0.6 is 15.9 Å². The number of rotatable bonds is 1. The summed E-state index contributed by atoms with van der Waals surface area (Å²) in [5, 5.41) is 4.09. The minimum atomic E-state index is 0.742. The summed E-state index contributed by atoms with van der Waals surface area (Å²) < 4.78 is 2.53. The number of nitrogen functional groups attached to an aromatic ring is 1. The van der Waals surface area contributed by atoms with Gasteiger partial charge in [-0.1, -0.05) is 6.92 Å². The van der Waals surface area contributed by atoms with E-state index in [4.69, 9.17) is 5.73 Å². The van der Waals surface area contributed by atoms with E-state index >= 15 is 0 Å². The van der Waals surface area contributed by atoms with Crippen LogP contribution in [0.3, 0.4) is 0 Å². The molecule has 1 rings (SSSR count). The van der Waals surface area contributed by atoms with E-state index < -0.39 is 0 Å².